The van der Waals surface area contributed by atoms with Gasteiger partial charge in [0.2, 0.25) is 11.8 Å². The highest BCUT2D eigenvalue weighted by molar-refractivity contribution is 6.02. The lowest BCUT2D eigenvalue weighted by atomic mass is 10.1. The fourth-order valence-electron chi connectivity index (χ4n) is 3.27. The number of hydrogen-bond donors (Lipinski definition) is 1. The molecule has 1 aliphatic rings. The van der Waals surface area contributed by atoms with Crippen molar-refractivity contribution in [1.29, 1.82) is 0 Å². The molecule has 8 nitrogen and oxygen atoms in total. The number of carbonyl (C=O) groups is 2. The molecule has 1 atom stereocenters. The highest BCUT2D eigenvalue weighted by Gasteiger charge is 2.35. The van der Waals surface area contributed by atoms with Gasteiger partial charge in [-0.2, -0.15) is 0 Å². The third kappa shape index (κ3) is 3.20. The number of fused-ring (bicyclic) bond motifs is 1. The number of rotatable bonds is 4. The Bertz CT molecular complexity index is 1120. The molecule has 142 valence electrons. The summed E-state index contributed by atoms with van der Waals surface area (Å²) in [5.41, 5.74) is 3.42. The number of para-hydroxylation sites is 1. The number of carbonyl (C=O) groups excluding carboxylic acids is 2. The van der Waals surface area contributed by atoms with Crippen LogP contribution in [0, 0.1) is 5.92 Å². The summed E-state index contributed by atoms with van der Waals surface area (Å²) in [4.78, 5) is 43.3. The number of nitrogens with one attached hydrogen (secondary N) is 1. The molecule has 0 saturated carbocycles. The number of hydrogen-bond acceptors (Lipinski definition) is 5. The van der Waals surface area contributed by atoms with Crippen molar-refractivity contribution in [3.63, 3.8) is 0 Å². The molecule has 0 radical (unpaired) electrons. The van der Waals surface area contributed by atoms with Gasteiger partial charge in [0, 0.05) is 24.7 Å². The molecule has 0 spiro atoms. The normalized spacial score (nSPS) is 16.4. The zero-order chi connectivity index (χ0) is 19.7. The van der Waals surface area contributed by atoms with E-state index in [0.717, 1.165) is 4.68 Å². The van der Waals surface area contributed by atoms with Gasteiger partial charge in [0.25, 0.3) is 5.56 Å². The topological polar surface area (TPSA) is 93.5 Å². The second-order valence-corrected chi connectivity index (χ2v) is 6.52. The zero-order valence-corrected chi connectivity index (χ0v) is 15.2. The van der Waals surface area contributed by atoms with Gasteiger partial charge in [-0.3, -0.25) is 19.8 Å². The monoisotopic (exact) mass is 378 g/mol. The second-order valence-electron chi connectivity index (χ2n) is 6.52. The molecule has 1 aliphatic heterocycles. The maximum absolute atomic E-state index is 12.6. The molecule has 3 aromatic rings. The minimum absolute atomic E-state index is 0.0683. The maximum Gasteiger partial charge on any atom is 0.280 e. The molecule has 2 heterocycles. The van der Waals surface area contributed by atoms with Crippen molar-refractivity contribution in [3.05, 3.63) is 65.2 Å². The Morgan fingerprint density at radius 3 is 2.82 bits per heavy atom. The first-order valence-corrected chi connectivity index (χ1v) is 8.78. The molecule has 2 amide bonds. The van der Waals surface area contributed by atoms with E-state index in [1.165, 1.54) is 6.33 Å². The fraction of sp³-hybridized carbons (Fsp3) is 0.200. The number of ether oxygens (including phenoxy) is 1. The lowest BCUT2D eigenvalue weighted by molar-refractivity contribution is -0.123. The predicted octanol–water partition coefficient (Wildman–Crippen LogP) is 1.53. The van der Waals surface area contributed by atoms with Crippen LogP contribution in [0.5, 0.6) is 5.75 Å². The lowest BCUT2D eigenvalue weighted by Gasteiger charge is -2.17. The SMILES string of the molecule is COc1cccc(N2C[C@H](C(=O)Nn3cnc4ccccc4c3=O)CC2=O)c1. The summed E-state index contributed by atoms with van der Waals surface area (Å²) < 4.78 is 6.25. The van der Waals surface area contributed by atoms with E-state index in [0.29, 0.717) is 22.3 Å². The molecule has 1 fully saturated rings. The van der Waals surface area contributed by atoms with Crippen molar-refractivity contribution in [2.45, 2.75) is 6.42 Å². The average molecular weight is 378 g/mol. The molecule has 0 aliphatic carbocycles. The van der Waals surface area contributed by atoms with E-state index < -0.39 is 11.8 Å². The molecule has 0 bridgehead atoms. The van der Waals surface area contributed by atoms with Gasteiger partial charge in [0.05, 0.1) is 23.9 Å². The number of nitrogens with zero attached hydrogens (tertiary/aromatic N) is 3. The van der Waals surface area contributed by atoms with Crippen molar-refractivity contribution in [2.75, 3.05) is 24.0 Å². The summed E-state index contributed by atoms with van der Waals surface area (Å²) >= 11 is 0. The van der Waals surface area contributed by atoms with Gasteiger partial charge < -0.3 is 9.64 Å². The fourth-order valence-corrected chi connectivity index (χ4v) is 3.27. The van der Waals surface area contributed by atoms with Crippen LogP contribution >= 0.6 is 0 Å². The Morgan fingerprint density at radius 2 is 2.00 bits per heavy atom. The summed E-state index contributed by atoms with van der Waals surface area (Å²) in [7, 11) is 1.55. The molecule has 2 aromatic carbocycles. The highest BCUT2D eigenvalue weighted by atomic mass is 16.5. The van der Waals surface area contributed by atoms with Crippen molar-refractivity contribution >= 4 is 28.4 Å². The van der Waals surface area contributed by atoms with E-state index >= 15 is 0 Å². The van der Waals surface area contributed by atoms with Crippen molar-refractivity contribution in [3.8, 4) is 5.75 Å². The number of anilines is 1. The average Bonchev–Trinajstić information content (AvgIpc) is 3.12. The van der Waals surface area contributed by atoms with Crippen LogP contribution in [0.15, 0.2) is 59.7 Å². The third-order valence-corrected chi connectivity index (χ3v) is 4.76. The van der Waals surface area contributed by atoms with Crippen LogP contribution in [0.3, 0.4) is 0 Å². The minimum atomic E-state index is -0.572. The van der Waals surface area contributed by atoms with E-state index in [2.05, 4.69) is 10.4 Å². The molecule has 28 heavy (non-hydrogen) atoms. The predicted molar refractivity (Wildman–Crippen MR) is 104 cm³/mol. The Kier molecular flexibility index (Phi) is 4.52. The van der Waals surface area contributed by atoms with Gasteiger partial charge in [0.15, 0.2) is 0 Å². The van der Waals surface area contributed by atoms with E-state index in [-0.39, 0.29) is 24.4 Å². The first-order chi connectivity index (χ1) is 13.6. The Hall–Kier alpha value is -3.68. The number of amides is 2. The van der Waals surface area contributed by atoms with Crippen LogP contribution in [-0.4, -0.2) is 35.1 Å². The number of benzene rings is 2. The Labute approximate surface area is 160 Å². The van der Waals surface area contributed by atoms with E-state index in [9.17, 15) is 14.4 Å². The molecule has 1 saturated heterocycles. The van der Waals surface area contributed by atoms with Crippen LogP contribution in [0.2, 0.25) is 0 Å². The maximum atomic E-state index is 12.6. The van der Waals surface area contributed by atoms with Crippen molar-refractivity contribution < 1.29 is 14.3 Å². The van der Waals surface area contributed by atoms with Crippen LogP contribution in [0.4, 0.5) is 5.69 Å². The summed E-state index contributed by atoms with van der Waals surface area (Å²) in [6.45, 7) is 0.230. The molecule has 1 aromatic heterocycles. The summed E-state index contributed by atoms with van der Waals surface area (Å²) in [5.74, 6) is -0.501. The van der Waals surface area contributed by atoms with E-state index in [1.807, 2.05) is 0 Å². The third-order valence-electron chi connectivity index (χ3n) is 4.76. The molecular formula is C20H18N4O4. The van der Waals surface area contributed by atoms with Crippen LogP contribution in [0.1, 0.15) is 6.42 Å². The summed E-state index contributed by atoms with van der Waals surface area (Å²) in [5, 5.41) is 0.408. The Balaban J connectivity index is 1.52. The standard InChI is InChI=1S/C20H18N4O4/c1-28-15-6-4-5-14(10-15)23-11-13(9-18(23)25)19(26)22-24-12-21-17-8-3-2-7-16(17)20(24)27/h2-8,10,12-13H,9,11H2,1H3,(H,22,26)/t13-/m1/s1. The van der Waals surface area contributed by atoms with Crippen molar-refractivity contribution in [2.24, 2.45) is 5.92 Å². The van der Waals surface area contributed by atoms with Gasteiger partial charge >= 0.3 is 0 Å². The quantitative estimate of drug-likeness (QED) is 0.743. The summed E-state index contributed by atoms with van der Waals surface area (Å²) in [6.07, 6.45) is 1.35. The Morgan fingerprint density at radius 1 is 1.18 bits per heavy atom. The number of aromatic nitrogens is 2. The van der Waals surface area contributed by atoms with E-state index in [1.54, 1.807) is 60.5 Å². The second kappa shape index (κ2) is 7.15. The smallest absolute Gasteiger partial charge is 0.280 e. The van der Waals surface area contributed by atoms with E-state index in [4.69, 9.17) is 4.74 Å². The van der Waals surface area contributed by atoms with Gasteiger partial charge in [-0.1, -0.05) is 18.2 Å². The van der Waals surface area contributed by atoms with Crippen LogP contribution < -0.4 is 20.6 Å². The largest absolute Gasteiger partial charge is 0.497 e. The first kappa shape index (κ1) is 17.7. The molecule has 4 rings (SSSR count). The molecule has 1 N–H and O–H groups in total. The highest BCUT2D eigenvalue weighted by Crippen LogP contribution is 2.28. The van der Waals surface area contributed by atoms with Gasteiger partial charge in [-0.25, -0.2) is 9.66 Å². The summed E-state index contributed by atoms with van der Waals surface area (Å²) in [6, 6.07) is 14.0. The van der Waals surface area contributed by atoms with Crippen LogP contribution in [-0.2, 0) is 9.59 Å². The van der Waals surface area contributed by atoms with Crippen molar-refractivity contribution in [1.82, 2.24) is 9.66 Å². The van der Waals surface area contributed by atoms with Gasteiger partial charge in [0.1, 0.15) is 12.1 Å². The van der Waals surface area contributed by atoms with Crippen LogP contribution in [0.25, 0.3) is 10.9 Å². The zero-order valence-electron chi connectivity index (χ0n) is 15.2. The minimum Gasteiger partial charge on any atom is -0.497 e. The first-order valence-electron chi connectivity index (χ1n) is 8.78. The lowest BCUT2D eigenvalue weighted by Crippen LogP contribution is -2.37. The molecule has 8 heteroatoms. The van der Waals surface area contributed by atoms with Gasteiger partial charge in [-0.05, 0) is 24.3 Å². The number of methoxy groups -OCH3 is 1. The molecular weight excluding hydrogens is 360 g/mol. The molecule has 0 unspecified atom stereocenters. The van der Waals surface area contributed by atoms with Gasteiger partial charge in [-0.15, -0.1) is 0 Å².